The Balaban J connectivity index is 2.42. The summed E-state index contributed by atoms with van der Waals surface area (Å²) >= 11 is 3.47. The number of nitriles is 1. The molecule has 0 atom stereocenters. The van der Waals surface area contributed by atoms with Gasteiger partial charge in [-0.1, -0.05) is 6.08 Å². The first-order chi connectivity index (χ1) is 11.5. The Hall–Kier alpha value is -2.59. The number of halogens is 1. The SMILES string of the molecule is CCOc1c(Br)cc(/C=C/c2n[nH]c(=O)c(C#N)c2C)cc1OC. The molecule has 0 radical (unpaired) electrons. The number of aromatic nitrogens is 2. The molecule has 2 aromatic rings. The molecule has 1 heterocycles. The van der Waals surface area contributed by atoms with Gasteiger partial charge in [-0.3, -0.25) is 4.79 Å². The van der Waals surface area contributed by atoms with Gasteiger partial charge in [0.2, 0.25) is 0 Å². The van der Waals surface area contributed by atoms with Gasteiger partial charge in [-0.15, -0.1) is 0 Å². The van der Waals surface area contributed by atoms with E-state index in [9.17, 15) is 4.79 Å². The minimum Gasteiger partial charge on any atom is -0.493 e. The van der Waals surface area contributed by atoms with Crippen LogP contribution in [0.25, 0.3) is 12.2 Å². The molecule has 0 unspecified atom stereocenters. The summed E-state index contributed by atoms with van der Waals surface area (Å²) in [4.78, 5) is 11.5. The maximum Gasteiger partial charge on any atom is 0.282 e. The highest BCUT2D eigenvalue weighted by atomic mass is 79.9. The third-order valence-electron chi connectivity index (χ3n) is 3.35. The Kier molecular flexibility index (Phi) is 5.77. The molecule has 7 heteroatoms. The van der Waals surface area contributed by atoms with Gasteiger partial charge in [0.05, 0.1) is 23.9 Å². The molecule has 0 saturated carbocycles. The number of nitrogens with zero attached hydrogens (tertiary/aromatic N) is 2. The van der Waals surface area contributed by atoms with Crippen molar-refractivity contribution >= 4 is 28.1 Å². The normalized spacial score (nSPS) is 10.6. The molecular formula is C17H16BrN3O3. The lowest BCUT2D eigenvalue weighted by atomic mass is 10.1. The molecular weight excluding hydrogens is 374 g/mol. The molecule has 0 bridgehead atoms. The van der Waals surface area contributed by atoms with Crippen LogP contribution in [0.5, 0.6) is 11.5 Å². The van der Waals surface area contributed by atoms with Crippen LogP contribution in [0.1, 0.15) is 29.3 Å². The summed E-state index contributed by atoms with van der Waals surface area (Å²) in [6.07, 6.45) is 3.55. The number of hydrogen-bond acceptors (Lipinski definition) is 5. The monoisotopic (exact) mass is 389 g/mol. The van der Waals surface area contributed by atoms with E-state index in [0.29, 0.717) is 29.4 Å². The zero-order valence-electron chi connectivity index (χ0n) is 13.5. The van der Waals surface area contributed by atoms with Crippen LogP contribution in [0.2, 0.25) is 0 Å². The van der Waals surface area contributed by atoms with Crippen LogP contribution in [0.3, 0.4) is 0 Å². The van der Waals surface area contributed by atoms with E-state index < -0.39 is 5.56 Å². The van der Waals surface area contributed by atoms with Crippen molar-refractivity contribution in [3.05, 3.63) is 49.3 Å². The minimum atomic E-state index is -0.488. The van der Waals surface area contributed by atoms with Gasteiger partial charge in [-0.2, -0.15) is 10.4 Å². The van der Waals surface area contributed by atoms with Gasteiger partial charge in [-0.25, -0.2) is 5.10 Å². The van der Waals surface area contributed by atoms with Crippen LogP contribution in [0, 0.1) is 18.3 Å². The van der Waals surface area contributed by atoms with Crippen molar-refractivity contribution in [1.29, 1.82) is 5.26 Å². The lowest BCUT2D eigenvalue weighted by Crippen LogP contribution is -2.15. The standard InChI is InChI=1S/C17H16BrN3O3/c1-4-24-16-13(18)7-11(8-15(16)23-3)5-6-14-10(2)12(9-19)17(22)21-20-14/h5-8H,4H2,1-3H3,(H,21,22)/b6-5+. The van der Waals surface area contributed by atoms with Crippen LogP contribution in [-0.4, -0.2) is 23.9 Å². The number of benzene rings is 1. The number of methoxy groups -OCH3 is 1. The molecule has 0 aliphatic heterocycles. The summed E-state index contributed by atoms with van der Waals surface area (Å²) in [6, 6.07) is 5.61. The fraction of sp³-hybridized carbons (Fsp3) is 0.235. The first-order valence-electron chi connectivity index (χ1n) is 7.19. The van der Waals surface area contributed by atoms with Gasteiger partial charge in [0.25, 0.3) is 5.56 Å². The second-order valence-corrected chi connectivity index (χ2v) is 5.70. The van der Waals surface area contributed by atoms with Crippen molar-refractivity contribution in [1.82, 2.24) is 10.2 Å². The number of rotatable bonds is 5. The largest absolute Gasteiger partial charge is 0.493 e. The van der Waals surface area contributed by atoms with Crippen LogP contribution in [0.15, 0.2) is 21.4 Å². The highest BCUT2D eigenvalue weighted by Crippen LogP contribution is 2.37. The molecule has 2 rings (SSSR count). The summed E-state index contributed by atoms with van der Waals surface area (Å²) < 4.78 is 11.7. The molecule has 24 heavy (non-hydrogen) atoms. The average Bonchev–Trinajstić information content (AvgIpc) is 2.56. The Morgan fingerprint density at radius 3 is 2.79 bits per heavy atom. The smallest absolute Gasteiger partial charge is 0.282 e. The van der Waals surface area contributed by atoms with E-state index in [1.165, 1.54) is 0 Å². The van der Waals surface area contributed by atoms with Crippen molar-refractivity contribution < 1.29 is 9.47 Å². The number of ether oxygens (including phenoxy) is 2. The van der Waals surface area contributed by atoms with Crippen molar-refractivity contribution in [2.75, 3.05) is 13.7 Å². The van der Waals surface area contributed by atoms with E-state index in [0.717, 1.165) is 10.0 Å². The molecule has 6 nitrogen and oxygen atoms in total. The van der Waals surface area contributed by atoms with Crippen LogP contribution in [0.4, 0.5) is 0 Å². The predicted molar refractivity (Wildman–Crippen MR) is 95.1 cm³/mol. The molecule has 1 aromatic heterocycles. The van der Waals surface area contributed by atoms with Crippen molar-refractivity contribution in [2.24, 2.45) is 0 Å². The number of H-pyrrole nitrogens is 1. The highest BCUT2D eigenvalue weighted by molar-refractivity contribution is 9.10. The topological polar surface area (TPSA) is 88.0 Å². The molecule has 0 saturated heterocycles. The van der Waals surface area contributed by atoms with E-state index in [1.807, 2.05) is 31.2 Å². The van der Waals surface area contributed by atoms with Crippen LogP contribution in [-0.2, 0) is 0 Å². The zero-order valence-corrected chi connectivity index (χ0v) is 15.1. The molecule has 0 aliphatic rings. The number of hydrogen-bond donors (Lipinski definition) is 1. The van der Waals surface area contributed by atoms with Gasteiger partial charge in [0.15, 0.2) is 11.5 Å². The summed E-state index contributed by atoms with van der Waals surface area (Å²) in [5, 5.41) is 15.3. The predicted octanol–water partition coefficient (Wildman–Crippen LogP) is 3.29. The summed E-state index contributed by atoms with van der Waals surface area (Å²) in [5.74, 6) is 1.25. The lowest BCUT2D eigenvalue weighted by molar-refractivity contribution is 0.309. The van der Waals surface area contributed by atoms with Gasteiger partial charge < -0.3 is 9.47 Å². The van der Waals surface area contributed by atoms with E-state index >= 15 is 0 Å². The summed E-state index contributed by atoms with van der Waals surface area (Å²) in [6.45, 7) is 4.12. The zero-order chi connectivity index (χ0) is 17.7. The highest BCUT2D eigenvalue weighted by Gasteiger charge is 2.11. The fourth-order valence-corrected chi connectivity index (χ4v) is 2.72. The third kappa shape index (κ3) is 3.66. The number of nitrogens with one attached hydrogen (secondary N) is 1. The maximum atomic E-state index is 11.5. The fourth-order valence-electron chi connectivity index (χ4n) is 2.14. The van der Waals surface area contributed by atoms with Gasteiger partial charge >= 0.3 is 0 Å². The first-order valence-corrected chi connectivity index (χ1v) is 7.98. The van der Waals surface area contributed by atoms with Crippen molar-refractivity contribution in [3.63, 3.8) is 0 Å². The van der Waals surface area contributed by atoms with E-state index in [4.69, 9.17) is 14.7 Å². The van der Waals surface area contributed by atoms with Crippen molar-refractivity contribution in [2.45, 2.75) is 13.8 Å². The Morgan fingerprint density at radius 1 is 1.42 bits per heavy atom. The van der Waals surface area contributed by atoms with Crippen LogP contribution < -0.4 is 15.0 Å². The van der Waals surface area contributed by atoms with E-state index in [2.05, 4.69) is 26.1 Å². The van der Waals surface area contributed by atoms with Gasteiger partial charge in [0.1, 0.15) is 11.6 Å². The van der Waals surface area contributed by atoms with E-state index in [1.54, 1.807) is 20.1 Å². The molecule has 0 amide bonds. The second kappa shape index (κ2) is 7.79. The lowest BCUT2D eigenvalue weighted by Gasteiger charge is -2.12. The van der Waals surface area contributed by atoms with Gasteiger partial charge in [0, 0.05) is 0 Å². The summed E-state index contributed by atoms with van der Waals surface area (Å²) in [5.41, 5.74) is 1.49. The van der Waals surface area contributed by atoms with Gasteiger partial charge in [-0.05, 0) is 59.1 Å². The molecule has 0 aliphatic carbocycles. The van der Waals surface area contributed by atoms with E-state index in [-0.39, 0.29) is 5.56 Å². The van der Waals surface area contributed by atoms with Crippen molar-refractivity contribution in [3.8, 4) is 17.6 Å². The molecule has 0 spiro atoms. The average molecular weight is 390 g/mol. The molecule has 1 aromatic carbocycles. The summed E-state index contributed by atoms with van der Waals surface area (Å²) in [7, 11) is 1.57. The first kappa shape index (κ1) is 17.8. The second-order valence-electron chi connectivity index (χ2n) is 4.85. The van der Waals surface area contributed by atoms with Crippen LogP contribution >= 0.6 is 15.9 Å². The Labute approximate surface area is 147 Å². The third-order valence-corrected chi connectivity index (χ3v) is 3.94. The molecule has 0 fully saturated rings. The quantitative estimate of drug-likeness (QED) is 0.847. The Morgan fingerprint density at radius 2 is 2.17 bits per heavy atom. The minimum absolute atomic E-state index is 0.0649. The number of aromatic amines is 1. The Bertz CT molecular complexity index is 882. The maximum absolute atomic E-state index is 11.5. The molecule has 124 valence electrons. The molecule has 1 N–H and O–H groups in total.